The van der Waals surface area contributed by atoms with Gasteiger partial charge in [-0.1, -0.05) is 53.7 Å². The second-order valence-electron chi connectivity index (χ2n) is 17.3. The number of nitrogen functional groups attached to an aromatic ring is 1. The molecule has 0 spiro atoms. The van der Waals surface area contributed by atoms with Crippen molar-refractivity contribution in [1.82, 2.24) is 19.9 Å². The monoisotopic (exact) mass is 772 g/mol. The summed E-state index contributed by atoms with van der Waals surface area (Å²) in [5.74, 6) is 3.15. The molecule has 6 heterocycles. The molecule has 2 aromatic carbocycles. The molecule has 6 aromatic rings. The van der Waals surface area contributed by atoms with Crippen molar-refractivity contribution < 1.29 is 33.6 Å². The van der Waals surface area contributed by atoms with Crippen LogP contribution in [0.2, 0.25) is 0 Å². The van der Waals surface area contributed by atoms with Crippen LogP contribution in [0.5, 0.6) is 23.0 Å². The number of aliphatic carboxylic acids is 1. The topological polar surface area (TPSA) is 187 Å². The van der Waals surface area contributed by atoms with Gasteiger partial charge in [0.1, 0.15) is 11.6 Å². The van der Waals surface area contributed by atoms with Crippen LogP contribution in [-0.4, -0.2) is 50.5 Å². The number of carboxylic acids is 1. The Kier molecular flexibility index (Phi) is 9.09. The number of carbonyl (C=O) groups is 2. The highest BCUT2D eigenvalue weighted by Gasteiger charge is 2.53. The van der Waals surface area contributed by atoms with Crippen LogP contribution in [-0.2, 0) is 31.2 Å². The van der Waals surface area contributed by atoms with Crippen molar-refractivity contribution in [2.24, 2.45) is 0 Å². The predicted molar refractivity (Wildman–Crippen MR) is 217 cm³/mol. The van der Waals surface area contributed by atoms with Gasteiger partial charge in [-0.05, 0) is 85.3 Å². The molecule has 2 fully saturated rings. The van der Waals surface area contributed by atoms with Crippen molar-refractivity contribution in [3.63, 3.8) is 0 Å². The molecule has 2 aliphatic carbocycles. The fourth-order valence-corrected chi connectivity index (χ4v) is 7.10. The molecule has 13 heteroatoms. The summed E-state index contributed by atoms with van der Waals surface area (Å²) in [5.41, 5.74) is 10.8. The Bertz CT molecular complexity index is 2520. The first-order valence-corrected chi connectivity index (χ1v) is 19.1. The number of anilines is 2. The van der Waals surface area contributed by atoms with Crippen LogP contribution in [0.25, 0.3) is 21.8 Å². The lowest BCUT2D eigenvalue weighted by Crippen LogP contribution is -2.28. The molecule has 296 valence electrons. The van der Waals surface area contributed by atoms with Crippen molar-refractivity contribution in [3.05, 3.63) is 95.6 Å². The highest BCUT2D eigenvalue weighted by Crippen LogP contribution is 2.52. The van der Waals surface area contributed by atoms with Crippen molar-refractivity contribution in [2.45, 2.75) is 88.9 Å². The number of benzene rings is 2. The van der Waals surface area contributed by atoms with Gasteiger partial charge in [-0.25, -0.2) is 9.97 Å². The van der Waals surface area contributed by atoms with Crippen molar-refractivity contribution >= 4 is 45.3 Å². The van der Waals surface area contributed by atoms with Gasteiger partial charge in [0.25, 0.3) is 0 Å². The van der Waals surface area contributed by atoms with Gasteiger partial charge in [0.05, 0.1) is 34.3 Å². The third kappa shape index (κ3) is 7.41. The zero-order valence-corrected chi connectivity index (χ0v) is 33.0. The number of hydrogen-bond donors (Lipinski definition) is 5. The summed E-state index contributed by atoms with van der Waals surface area (Å²) < 4.78 is 21.2. The average Bonchev–Trinajstić information content (AvgIpc) is 3.86. The summed E-state index contributed by atoms with van der Waals surface area (Å²) in [4.78, 5) is 39.4. The zero-order chi connectivity index (χ0) is 40.3. The summed E-state index contributed by atoms with van der Waals surface area (Å²) in [7, 11) is 0. The highest BCUT2D eigenvalue weighted by molar-refractivity contribution is 6.02. The molecule has 0 atom stereocenters. The Labute approximate surface area is 330 Å². The molecule has 13 nitrogen and oxygen atoms in total. The SMILES string of the molecule is CC(C)(C)c1cc2cc(N)ncc2[nH]1.CC(C)(C)c1cc2cc(NC(=O)C3(c4ccc5c(c4)OCO5)CC3)ncc2[nH]1.O=C(O)C1(c2ccc3c(c2)OCO3)CC1. The van der Waals surface area contributed by atoms with E-state index in [0.717, 1.165) is 57.2 Å². The maximum Gasteiger partial charge on any atom is 0.314 e. The van der Waals surface area contributed by atoms with E-state index in [1.54, 1.807) is 24.5 Å². The minimum atomic E-state index is -0.749. The first-order valence-electron chi connectivity index (χ1n) is 19.1. The van der Waals surface area contributed by atoms with E-state index in [4.69, 9.17) is 29.8 Å². The van der Waals surface area contributed by atoms with E-state index >= 15 is 0 Å². The number of H-pyrrole nitrogens is 2. The second-order valence-corrected chi connectivity index (χ2v) is 17.3. The summed E-state index contributed by atoms with van der Waals surface area (Å²) in [6.45, 7) is 13.5. The van der Waals surface area contributed by atoms with E-state index in [9.17, 15) is 9.59 Å². The number of rotatable bonds is 5. The summed E-state index contributed by atoms with van der Waals surface area (Å²) >= 11 is 0. The van der Waals surface area contributed by atoms with Crippen LogP contribution < -0.4 is 30.0 Å². The number of aromatic nitrogens is 4. The highest BCUT2D eigenvalue weighted by atomic mass is 16.7. The molecule has 10 rings (SSSR count). The van der Waals surface area contributed by atoms with Crippen LogP contribution >= 0.6 is 0 Å². The van der Waals surface area contributed by atoms with Gasteiger partial charge in [-0.15, -0.1) is 0 Å². The number of ether oxygens (including phenoxy) is 4. The van der Waals surface area contributed by atoms with Crippen LogP contribution in [0.3, 0.4) is 0 Å². The van der Waals surface area contributed by atoms with E-state index in [2.05, 4.69) is 78.9 Å². The van der Waals surface area contributed by atoms with E-state index < -0.39 is 16.8 Å². The Hall–Kier alpha value is -6.24. The molecule has 4 aliphatic rings. The minimum absolute atomic E-state index is 0.0233. The van der Waals surface area contributed by atoms with Crippen molar-refractivity contribution in [2.75, 3.05) is 24.6 Å². The molecule has 2 saturated carbocycles. The molecule has 0 bridgehead atoms. The van der Waals surface area contributed by atoms with Crippen LogP contribution in [0, 0.1) is 0 Å². The molecule has 4 aromatic heterocycles. The number of carboxylic acid groups (broad SMARTS) is 1. The molecule has 0 saturated heterocycles. The summed E-state index contributed by atoms with van der Waals surface area (Å²) in [5, 5.41) is 14.3. The maximum absolute atomic E-state index is 13.1. The first kappa shape index (κ1) is 37.7. The van der Waals surface area contributed by atoms with Crippen LogP contribution in [0.1, 0.15) is 89.7 Å². The Morgan fingerprint density at radius 2 is 1.14 bits per heavy atom. The van der Waals surface area contributed by atoms with E-state index in [0.29, 0.717) is 41.7 Å². The first-order chi connectivity index (χ1) is 27.0. The van der Waals surface area contributed by atoms with Crippen LogP contribution in [0.15, 0.2) is 73.1 Å². The van der Waals surface area contributed by atoms with Gasteiger partial charge in [0.2, 0.25) is 19.5 Å². The lowest BCUT2D eigenvalue weighted by atomic mass is 9.92. The lowest BCUT2D eigenvalue weighted by molar-refractivity contribution is -0.140. The number of fused-ring (bicyclic) bond motifs is 4. The van der Waals surface area contributed by atoms with E-state index in [1.807, 2.05) is 36.4 Å². The summed E-state index contributed by atoms with van der Waals surface area (Å²) in [6, 6.07) is 19.2. The Morgan fingerprint density at radius 3 is 1.63 bits per heavy atom. The number of hydrogen-bond acceptors (Lipinski definition) is 9. The predicted octanol–water partition coefficient (Wildman–Crippen LogP) is 8.23. The normalized spacial score (nSPS) is 16.6. The van der Waals surface area contributed by atoms with Gasteiger partial charge in [-0.3, -0.25) is 9.59 Å². The van der Waals surface area contributed by atoms with Crippen molar-refractivity contribution in [1.29, 1.82) is 0 Å². The number of aromatic amines is 2. The van der Waals surface area contributed by atoms with Gasteiger partial charge >= 0.3 is 5.97 Å². The molecule has 0 unspecified atom stereocenters. The third-order valence-electron chi connectivity index (χ3n) is 11.1. The average molecular weight is 773 g/mol. The third-order valence-corrected chi connectivity index (χ3v) is 11.1. The Morgan fingerprint density at radius 1 is 0.667 bits per heavy atom. The Balaban J connectivity index is 0.000000132. The molecular formula is C44H48N6O7. The summed E-state index contributed by atoms with van der Waals surface area (Å²) in [6.07, 6.45) is 6.61. The van der Waals surface area contributed by atoms with E-state index in [1.165, 1.54) is 5.69 Å². The number of amides is 1. The lowest BCUT2D eigenvalue weighted by Gasteiger charge is -2.16. The number of nitrogens with two attached hydrogens (primary N) is 1. The number of nitrogens with one attached hydrogen (secondary N) is 3. The second kappa shape index (κ2) is 13.7. The minimum Gasteiger partial charge on any atom is -0.481 e. The number of carbonyl (C=O) groups excluding carboxylic acids is 1. The molecule has 6 N–H and O–H groups in total. The van der Waals surface area contributed by atoms with Gasteiger partial charge in [-0.2, -0.15) is 0 Å². The van der Waals surface area contributed by atoms with Crippen LogP contribution in [0.4, 0.5) is 11.6 Å². The number of pyridine rings is 2. The molecule has 2 aliphatic heterocycles. The molecule has 1 amide bonds. The fourth-order valence-electron chi connectivity index (χ4n) is 7.10. The molecule has 57 heavy (non-hydrogen) atoms. The largest absolute Gasteiger partial charge is 0.481 e. The quantitative estimate of drug-likeness (QED) is 0.114. The van der Waals surface area contributed by atoms with Gasteiger partial charge in [0.15, 0.2) is 23.0 Å². The maximum atomic E-state index is 13.1. The fraction of sp³-hybridized carbons (Fsp3) is 0.364. The zero-order valence-electron chi connectivity index (χ0n) is 33.0. The van der Waals surface area contributed by atoms with Gasteiger partial charge < -0.3 is 45.1 Å². The number of nitrogens with zero attached hydrogens (tertiary/aromatic N) is 2. The molecule has 0 radical (unpaired) electrons. The van der Waals surface area contributed by atoms with Gasteiger partial charge in [0, 0.05) is 33.0 Å². The van der Waals surface area contributed by atoms with Crippen molar-refractivity contribution in [3.8, 4) is 23.0 Å². The van der Waals surface area contributed by atoms with E-state index in [-0.39, 0.29) is 30.3 Å². The smallest absolute Gasteiger partial charge is 0.314 e. The standard InChI is InChI=1S/C22H23N3O3.C11H15N3.C11H10O4/c1-21(2,3)18-8-13-9-19(23-11-15(13)24-18)25-20(26)22(6-7-22)14-4-5-16-17(10-14)28-12-27-16;1-11(2,3)9-4-7-5-10(12)13-6-8(7)14-9;12-10(13)11(3-4-11)7-1-2-8-9(5-7)15-6-14-8/h4-5,8-11,24H,6-7,12H2,1-3H3,(H,23,25,26);4-6,14H,1-3H3,(H2,12,13);1-2,5H,3-4,6H2,(H,12,13). The molecular weight excluding hydrogens is 725 g/mol.